The van der Waals surface area contributed by atoms with E-state index in [1.165, 1.54) is 33.7 Å². The van der Waals surface area contributed by atoms with Crippen LogP contribution in [0.3, 0.4) is 0 Å². The number of aromatic nitrogens is 3. The van der Waals surface area contributed by atoms with Crippen molar-refractivity contribution in [2.75, 3.05) is 13.1 Å². The highest BCUT2D eigenvalue weighted by atomic mass is 32.1. The van der Waals surface area contributed by atoms with E-state index in [1.54, 1.807) is 12.4 Å². The Hall–Kier alpha value is -2.89. The molecule has 1 unspecified atom stereocenters. The van der Waals surface area contributed by atoms with Crippen LogP contribution < -0.4 is 0 Å². The molecule has 0 N–H and O–H groups in total. The van der Waals surface area contributed by atoms with Crippen LogP contribution in [0.4, 0.5) is 0 Å². The van der Waals surface area contributed by atoms with Crippen molar-refractivity contribution in [1.29, 1.82) is 0 Å². The van der Waals surface area contributed by atoms with Gasteiger partial charge in [-0.3, -0.25) is 9.88 Å². The van der Waals surface area contributed by atoms with Gasteiger partial charge >= 0.3 is 0 Å². The van der Waals surface area contributed by atoms with Crippen LogP contribution in [0.2, 0.25) is 0 Å². The van der Waals surface area contributed by atoms with Gasteiger partial charge in [0.05, 0.1) is 5.69 Å². The van der Waals surface area contributed by atoms with Crippen LogP contribution in [0.5, 0.6) is 0 Å². The van der Waals surface area contributed by atoms with Crippen molar-refractivity contribution in [3.8, 4) is 22.5 Å². The summed E-state index contributed by atoms with van der Waals surface area (Å²) in [5.74, 6) is 1.18. The van der Waals surface area contributed by atoms with Crippen LogP contribution in [0.25, 0.3) is 22.5 Å². The molecule has 5 heteroatoms. The Morgan fingerprint density at radius 3 is 2.71 bits per heavy atom. The van der Waals surface area contributed by atoms with Gasteiger partial charge in [0, 0.05) is 53.6 Å². The second-order valence-corrected chi connectivity index (χ2v) is 9.23. The zero-order valence-corrected chi connectivity index (χ0v) is 18.6. The third-order valence-electron chi connectivity index (χ3n) is 6.04. The molecule has 4 aromatic rings. The number of thiophene rings is 1. The molecule has 1 aliphatic heterocycles. The van der Waals surface area contributed by atoms with Crippen molar-refractivity contribution in [3.05, 3.63) is 88.6 Å². The molecule has 3 aromatic heterocycles. The Morgan fingerprint density at radius 2 is 1.90 bits per heavy atom. The number of hydrogen-bond donors (Lipinski definition) is 0. The number of likely N-dealkylation sites (tertiary alicyclic amines) is 1. The molecule has 1 saturated heterocycles. The standard InChI is InChI=1S/C26H26N4S/c1-19-6-2-3-9-23(19)24-16-28-26(20-10-12-27-13-11-20)29-25(24)21-7-4-14-30(17-21)18-22-8-5-15-31-22/h2-3,5-6,8-13,15-16,21H,4,7,14,17-18H2,1H3. The highest BCUT2D eigenvalue weighted by molar-refractivity contribution is 7.09. The Labute approximate surface area is 187 Å². The van der Waals surface area contributed by atoms with Crippen molar-refractivity contribution in [3.63, 3.8) is 0 Å². The third kappa shape index (κ3) is 4.43. The van der Waals surface area contributed by atoms with Crippen molar-refractivity contribution in [2.24, 2.45) is 0 Å². The van der Waals surface area contributed by atoms with Crippen LogP contribution in [-0.2, 0) is 6.54 Å². The van der Waals surface area contributed by atoms with Gasteiger partial charge in [0.2, 0.25) is 0 Å². The summed E-state index contributed by atoms with van der Waals surface area (Å²) in [6, 6.07) is 16.9. The number of piperidine rings is 1. The molecule has 1 fully saturated rings. The van der Waals surface area contributed by atoms with Crippen LogP contribution in [0.1, 0.15) is 34.9 Å². The van der Waals surface area contributed by atoms with Crippen molar-refractivity contribution in [1.82, 2.24) is 19.9 Å². The maximum absolute atomic E-state index is 5.15. The monoisotopic (exact) mass is 426 g/mol. The van der Waals surface area contributed by atoms with Gasteiger partial charge in [0.1, 0.15) is 0 Å². The molecule has 1 aromatic carbocycles. The molecule has 0 amide bonds. The Morgan fingerprint density at radius 1 is 1.03 bits per heavy atom. The van der Waals surface area contributed by atoms with E-state index in [4.69, 9.17) is 9.97 Å². The van der Waals surface area contributed by atoms with Crippen LogP contribution >= 0.6 is 11.3 Å². The molecule has 0 saturated carbocycles. The predicted octanol–water partition coefficient (Wildman–Crippen LogP) is 5.96. The molecule has 1 atom stereocenters. The van der Waals surface area contributed by atoms with Crippen LogP contribution in [0.15, 0.2) is 72.5 Å². The maximum atomic E-state index is 5.15. The van der Waals surface area contributed by atoms with Crippen molar-refractivity contribution in [2.45, 2.75) is 32.2 Å². The van der Waals surface area contributed by atoms with Gasteiger partial charge in [0.25, 0.3) is 0 Å². The normalized spacial score (nSPS) is 17.0. The molecule has 156 valence electrons. The summed E-state index contributed by atoms with van der Waals surface area (Å²) in [5.41, 5.74) is 5.84. The van der Waals surface area contributed by atoms with Gasteiger partial charge in [-0.25, -0.2) is 9.97 Å². The Balaban J connectivity index is 1.53. The molecular formula is C26H26N4S. The summed E-state index contributed by atoms with van der Waals surface area (Å²) in [6.07, 6.45) is 7.98. The van der Waals surface area contributed by atoms with E-state index in [2.05, 4.69) is 58.6 Å². The maximum Gasteiger partial charge on any atom is 0.159 e. The quantitative estimate of drug-likeness (QED) is 0.395. The summed E-state index contributed by atoms with van der Waals surface area (Å²) in [6.45, 7) is 5.37. The minimum Gasteiger partial charge on any atom is -0.298 e. The second-order valence-electron chi connectivity index (χ2n) is 8.20. The van der Waals surface area contributed by atoms with E-state index < -0.39 is 0 Å². The van der Waals surface area contributed by atoms with Gasteiger partial charge < -0.3 is 0 Å². The summed E-state index contributed by atoms with van der Waals surface area (Å²) in [5, 5.41) is 2.17. The molecule has 4 nitrogen and oxygen atoms in total. The molecule has 0 radical (unpaired) electrons. The zero-order valence-electron chi connectivity index (χ0n) is 17.7. The number of pyridine rings is 1. The van der Waals surface area contributed by atoms with E-state index in [0.717, 1.165) is 37.4 Å². The zero-order chi connectivity index (χ0) is 21.0. The molecule has 1 aliphatic rings. The van der Waals surface area contributed by atoms with E-state index in [0.29, 0.717) is 5.92 Å². The largest absolute Gasteiger partial charge is 0.298 e. The second kappa shape index (κ2) is 9.08. The summed E-state index contributed by atoms with van der Waals surface area (Å²) < 4.78 is 0. The Bertz CT molecular complexity index is 1140. The van der Waals surface area contributed by atoms with Crippen LogP contribution in [-0.4, -0.2) is 32.9 Å². The molecule has 31 heavy (non-hydrogen) atoms. The fraction of sp³-hybridized carbons (Fsp3) is 0.269. The first-order valence-electron chi connectivity index (χ1n) is 10.9. The summed E-state index contributed by atoms with van der Waals surface area (Å²) in [7, 11) is 0. The summed E-state index contributed by atoms with van der Waals surface area (Å²) >= 11 is 1.84. The third-order valence-corrected chi connectivity index (χ3v) is 6.90. The first kappa shape index (κ1) is 20.0. The number of aryl methyl sites for hydroxylation is 1. The summed E-state index contributed by atoms with van der Waals surface area (Å²) in [4.78, 5) is 18.1. The van der Waals surface area contributed by atoms with E-state index in [-0.39, 0.29) is 0 Å². The molecule has 5 rings (SSSR count). The number of hydrogen-bond acceptors (Lipinski definition) is 5. The molecule has 4 heterocycles. The van der Waals surface area contributed by atoms with Gasteiger partial charge in [-0.05, 0) is 61.0 Å². The first-order valence-corrected chi connectivity index (χ1v) is 11.7. The van der Waals surface area contributed by atoms with Crippen molar-refractivity contribution >= 4 is 11.3 Å². The highest BCUT2D eigenvalue weighted by Crippen LogP contribution is 2.35. The SMILES string of the molecule is Cc1ccccc1-c1cnc(-c2ccncc2)nc1C1CCCN(Cc2cccs2)C1. The fourth-order valence-corrected chi connectivity index (χ4v) is 5.22. The smallest absolute Gasteiger partial charge is 0.159 e. The molecular weight excluding hydrogens is 400 g/mol. The first-order chi connectivity index (χ1) is 15.3. The number of rotatable bonds is 5. The minimum atomic E-state index is 0.395. The lowest BCUT2D eigenvalue weighted by Crippen LogP contribution is -2.34. The Kier molecular flexibility index (Phi) is 5.87. The van der Waals surface area contributed by atoms with Gasteiger partial charge in [-0.2, -0.15) is 0 Å². The van der Waals surface area contributed by atoms with E-state index in [9.17, 15) is 0 Å². The lowest BCUT2D eigenvalue weighted by atomic mass is 9.88. The number of nitrogens with zero attached hydrogens (tertiary/aromatic N) is 4. The van der Waals surface area contributed by atoms with Gasteiger partial charge in [0.15, 0.2) is 5.82 Å². The lowest BCUT2D eigenvalue weighted by Gasteiger charge is -2.33. The topological polar surface area (TPSA) is 41.9 Å². The highest BCUT2D eigenvalue weighted by Gasteiger charge is 2.26. The van der Waals surface area contributed by atoms with E-state index in [1.807, 2.05) is 29.7 Å². The fourth-order valence-electron chi connectivity index (χ4n) is 4.47. The average molecular weight is 427 g/mol. The van der Waals surface area contributed by atoms with Crippen LogP contribution in [0, 0.1) is 6.92 Å². The van der Waals surface area contributed by atoms with Gasteiger partial charge in [-0.1, -0.05) is 30.3 Å². The van der Waals surface area contributed by atoms with Gasteiger partial charge in [-0.15, -0.1) is 11.3 Å². The average Bonchev–Trinajstić information content (AvgIpc) is 3.33. The van der Waals surface area contributed by atoms with E-state index >= 15 is 0 Å². The predicted molar refractivity (Wildman–Crippen MR) is 127 cm³/mol. The number of benzene rings is 1. The van der Waals surface area contributed by atoms with Crippen molar-refractivity contribution < 1.29 is 0 Å². The molecule has 0 spiro atoms. The molecule has 0 bridgehead atoms. The molecule has 0 aliphatic carbocycles. The lowest BCUT2D eigenvalue weighted by molar-refractivity contribution is 0.200. The minimum absolute atomic E-state index is 0.395.